The number of ether oxygens (including phenoxy) is 1. The quantitative estimate of drug-likeness (QED) is 0.753. The Morgan fingerprint density at radius 1 is 1.60 bits per heavy atom. The molecular weight excluding hydrogens is 216 g/mol. The Labute approximate surface area is 97.5 Å². The Kier molecular flexibility index (Phi) is 6.89. The fourth-order valence-corrected chi connectivity index (χ4v) is 1.59. The van der Waals surface area contributed by atoms with Crippen molar-refractivity contribution in [3.8, 4) is 0 Å². The van der Waals surface area contributed by atoms with E-state index in [4.69, 9.17) is 4.74 Å². The van der Waals surface area contributed by atoms with Crippen LogP contribution >= 0.6 is 12.4 Å². The summed E-state index contributed by atoms with van der Waals surface area (Å²) in [7, 11) is 1.55. The van der Waals surface area contributed by atoms with Crippen molar-refractivity contribution in [2.24, 2.45) is 5.92 Å². The molecule has 0 aromatic heterocycles. The minimum Gasteiger partial charge on any atom is -0.372 e. The number of halogens is 1. The van der Waals surface area contributed by atoms with Crippen molar-refractivity contribution in [2.75, 3.05) is 20.2 Å². The predicted octanol–water partition coefficient (Wildman–Crippen LogP) is 0.557. The molecule has 0 saturated carbocycles. The van der Waals surface area contributed by atoms with E-state index in [1.54, 1.807) is 14.0 Å². The largest absolute Gasteiger partial charge is 0.372 e. The standard InChI is InChI=1S/C10H20N2O2.ClH/c1-7-4-5-11-6-9(7)12-10(13)8(2)14-3;/h7-9,11H,4-6H2,1-3H3,(H,12,13);1H. The molecule has 1 heterocycles. The van der Waals surface area contributed by atoms with Gasteiger partial charge in [-0.15, -0.1) is 12.4 Å². The second-order valence-corrected chi connectivity index (χ2v) is 3.96. The topological polar surface area (TPSA) is 50.4 Å². The molecule has 0 aromatic carbocycles. The van der Waals surface area contributed by atoms with E-state index in [2.05, 4.69) is 17.6 Å². The van der Waals surface area contributed by atoms with Gasteiger partial charge < -0.3 is 15.4 Å². The molecule has 90 valence electrons. The summed E-state index contributed by atoms with van der Waals surface area (Å²) in [5.41, 5.74) is 0. The van der Waals surface area contributed by atoms with Crippen LogP contribution < -0.4 is 10.6 Å². The van der Waals surface area contributed by atoms with Gasteiger partial charge in [0, 0.05) is 19.7 Å². The fourth-order valence-electron chi connectivity index (χ4n) is 1.59. The highest BCUT2D eigenvalue weighted by atomic mass is 35.5. The van der Waals surface area contributed by atoms with E-state index in [1.807, 2.05) is 0 Å². The Morgan fingerprint density at radius 3 is 2.80 bits per heavy atom. The van der Waals surface area contributed by atoms with Gasteiger partial charge in [0.2, 0.25) is 5.91 Å². The summed E-state index contributed by atoms with van der Waals surface area (Å²) in [5, 5.41) is 6.26. The molecule has 15 heavy (non-hydrogen) atoms. The molecule has 2 N–H and O–H groups in total. The van der Waals surface area contributed by atoms with Gasteiger partial charge in [0.25, 0.3) is 0 Å². The number of carbonyl (C=O) groups is 1. The Hall–Kier alpha value is -0.320. The molecule has 0 spiro atoms. The maximum atomic E-state index is 11.5. The van der Waals surface area contributed by atoms with Gasteiger partial charge in [0.1, 0.15) is 6.10 Å². The summed E-state index contributed by atoms with van der Waals surface area (Å²) in [6.07, 6.45) is 0.760. The van der Waals surface area contributed by atoms with Crippen molar-refractivity contribution >= 4 is 18.3 Å². The predicted molar refractivity (Wildman–Crippen MR) is 62.3 cm³/mol. The number of hydrogen-bond donors (Lipinski definition) is 2. The lowest BCUT2D eigenvalue weighted by Gasteiger charge is -2.30. The van der Waals surface area contributed by atoms with Crippen LogP contribution in [-0.2, 0) is 9.53 Å². The van der Waals surface area contributed by atoms with Crippen LogP contribution in [0.3, 0.4) is 0 Å². The lowest BCUT2D eigenvalue weighted by Crippen LogP contribution is -2.52. The number of piperidine rings is 1. The smallest absolute Gasteiger partial charge is 0.249 e. The van der Waals surface area contributed by atoms with Gasteiger partial charge in [-0.2, -0.15) is 0 Å². The van der Waals surface area contributed by atoms with Gasteiger partial charge in [-0.1, -0.05) is 6.92 Å². The van der Waals surface area contributed by atoms with Crippen LogP contribution in [0.15, 0.2) is 0 Å². The molecule has 4 nitrogen and oxygen atoms in total. The molecule has 1 aliphatic rings. The number of nitrogens with one attached hydrogen (secondary N) is 2. The zero-order valence-electron chi connectivity index (χ0n) is 9.58. The molecule has 1 fully saturated rings. The first-order valence-corrected chi connectivity index (χ1v) is 5.19. The van der Waals surface area contributed by atoms with Crippen LogP contribution in [0.1, 0.15) is 20.3 Å². The average Bonchev–Trinajstić information content (AvgIpc) is 2.20. The molecule has 3 atom stereocenters. The van der Waals surface area contributed by atoms with Gasteiger partial charge in [0.05, 0.1) is 0 Å². The maximum Gasteiger partial charge on any atom is 0.249 e. The summed E-state index contributed by atoms with van der Waals surface area (Å²) in [5.74, 6) is 0.525. The van der Waals surface area contributed by atoms with Gasteiger partial charge in [-0.25, -0.2) is 0 Å². The highest BCUT2D eigenvalue weighted by Gasteiger charge is 2.24. The molecule has 0 bridgehead atoms. The van der Waals surface area contributed by atoms with Crippen molar-refractivity contribution < 1.29 is 9.53 Å². The summed E-state index contributed by atoms with van der Waals surface area (Å²) in [4.78, 5) is 11.5. The van der Waals surface area contributed by atoms with Crippen LogP contribution in [0, 0.1) is 5.92 Å². The molecule has 5 heteroatoms. The van der Waals surface area contributed by atoms with Gasteiger partial charge in [-0.05, 0) is 25.8 Å². The third-order valence-electron chi connectivity index (χ3n) is 2.88. The van der Waals surface area contributed by atoms with Crippen molar-refractivity contribution in [1.29, 1.82) is 0 Å². The molecule has 1 rings (SSSR count). The second kappa shape index (κ2) is 7.04. The first-order valence-electron chi connectivity index (χ1n) is 5.19. The SMILES string of the molecule is COC(C)C(=O)NC1CNCCC1C.Cl. The van der Waals surface area contributed by atoms with E-state index in [0.717, 1.165) is 19.5 Å². The molecule has 0 aliphatic carbocycles. The first-order chi connectivity index (χ1) is 6.65. The minimum absolute atomic E-state index is 0. The Bertz CT molecular complexity index is 202. The van der Waals surface area contributed by atoms with E-state index in [0.29, 0.717) is 5.92 Å². The molecular formula is C10H21ClN2O2. The molecule has 1 saturated heterocycles. The van der Waals surface area contributed by atoms with Crippen LogP contribution in [0.25, 0.3) is 0 Å². The highest BCUT2D eigenvalue weighted by Crippen LogP contribution is 2.11. The number of carbonyl (C=O) groups excluding carboxylic acids is 1. The molecule has 1 amide bonds. The number of methoxy groups -OCH3 is 1. The van der Waals surface area contributed by atoms with Crippen LogP contribution in [0.4, 0.5) is 0 Å². The van der Waals surface area contributed by atoms with Gasteiger partial charge >= 0.3 is 0 Å². The van der Waals surface area contributed by atoms with Gasteiger partial charge in [-0.3, -0.25) is 4.79 Å². The maximum absolute atomic E-state index is 11.5. The van der Waals surface area contributed by atoms with Crippen LogP contribution in [0.2, 0.25) is 0 Å². The lowest BCUT2D eigenvalue weighted by molar-refractivity contribution is -0.131. The third-order valence-corrected chi connectivity index (χ3v) is 2.88. The minimum atomic E-state index is -0.357. The molecule has 0 radical (unpaired) electrons. The first kappa shape index (κ1) is 14.7. The normalized spacial score (nSPS) is 27.7. The van der Waals surface area contributed by atoms with E-state index in [-0.39, 0.29) is 30.5 Å². The monoisotopic (exact) mass is 236 g/mol. The van der Waals surface area contributed by atoms with E-state index < -0.39 is 0 Å². The lowest BCUT2D eigenvalue weighted by atomic mass is 9.95. The van der Waals surface area contributed by atoms with E-state index in [1.165, 1.54) is 0 Å². The number of rotatable bonds is 3. The average molecular weight is 237 g/mol. The van der Waals surface area contributed by atoms with E-state index >= 15 is 0 Å². The second-order valence-electron chi connectivity index (χ2n) is 3.96. The zero-order valence-corrected chi connectivity index (χ0v) is 10.4. The van der Waals surface area contributed by atoms with Crippen molar-refractivity contribution in [1.82, 2.24) is 10.6 Å². The summed E-state index contributed by atoms with van der Waals surface area (Å²) < 4.78 is 4.96. The number of hydrogen-bond acceptors (Lipinski definition) is 3. The van der Waals surface area contributed by atoms with Crippen molar-refractivity contribution in [3.05, 3.63) is 0 Å². The molecule has 1 aliphatic heterocycles. The summed E-state index contributed by atoms with van der Waals surface area (Å²) in [6.45, 7) is 5.84. The van der Waals surface area contributed by atoms with Gasteiger partial charge in [0.15, 0.2) is 0 Å². The van der Waals surface area contributed by atoms with Crippen molar-refractivity contribution in [2.45, 2.75) is 32.4 Å². The van der Waals surface area contributed by atoms with Crippen molar-refractivity contribution in [3.63, 3.8) is 0 Å². The Balaban J connectivity index is 0.00000196. The summed E-state index contributed by atoms with van der Waals surface area (Å²) in [6, 6.07) is 0.244. The zero-order chi connectivity index (χ0) is 10.6. The highest BCUT2D eigenvalue weighted by molar-refractivity contribution is 5.85. The van der Waals surface area contributed by atoms with E-state index in [9.17, 15) is 4.79 Å². The number of amides is 1. The Morgan fingerprint density at radius 2 is 2.27 bits per heavy atom. The third kappa shape index (κ3) is 4.36. The van der Waals surface area contributed by atoms with Crippen LogP contribution in [-0.4, -0.2) is 38.3 Å². The molecule has 3 unspecified atom stereocenters. The molecule has 0 aromatic rings. The summed E-state index contributed by atoms with van der Waals surface area (Å²) >= 11 is 0. The fraction of sp³-hybridized carbons (Fsp3) is 0.900. The van der Waals surface area contributed by atoms with Crippen LogP contribution in [0.5, 0.6) is 0 Å².